The minimum Gasteiger partial charge on any atom is -0.378 e. The van der Waals surface area contributed by atoms with Crippen molar-refractivity contribution >= 4 is 11.6 Å². The van der Waals surface area contributed by atoms with Crippen LogP contribution in [-0.2, 0) is 4.74 Å². The molecule has 2 aliphatic rings. The van der Waals surface area contributed by atoms with Crippen LogP contribution < -0.4 is 4.90 Å². The van der Waals surface area contributed by atoms with Gasteiger partial charge >= 0.3 is 0 Å². The van der Waals surface area contributed by atoms with Gasteiger partial charge in [-0.05, 0) is 30.7 Å². The van der Waals surface area contributed by atoms with Crippen molar-refractivity contribution in [2.45, 2.75) is 13.0 Å². The molecule has 0 radical (unpaired) electrons. The molecule has 4 rings (SSSR count). The Kier molecular flexibility index (Phi) is 5.83. The molecule has 2 fully saturated rings. The van der Waals surface area contributed by atoms with E-state index >= 15 is 0 Å². The number of carbonyl (C=O) groups is 1. The fourth-order valence-electron chi connectivity index (χ4n) is 3.86. The van der Waals surface area contributed by atoms with E-state index in [1.807, 2.05) is 29.3 Å². The van der Waals surface area contributed by atoms with E-state index in [1.165, 1.54) is 5.56 Å². The molecule has 7 nitrogen and oxygen atoms in total. The molecule has 0 aromatic carbocycles. The first-order chi connectivity index (χ1) is 13.7. The molecule has 0 saturated carbocycles. The summed E-state index contributed by atoms with van der Waals surface area (Å²) in [6.45, 7) is 8.48. The van der Waals surface area contributed by atoms with Gasteiger partial charge in [0.1, 0.15) is 5.69 Å². The lowest BCUT2D eigenvalue weighted by Gasteiger charge is -2.38. The molecule has 1 atom stereocenters. The molecular weight excluding hydrogens is 354 g/mol. The van der Waals surface area contributed by atoms with Gasteiger partial charge in [-0.15, -0.1) is 0 Å². The van der Waals surface area contributed by atoms with Crippen LogP contribution in [0.3, 0.4) is 0 Å². The first-order valence-corrected chi connectivity index (χ1v) is 9.94. The van der Waals surface area contributed by atoms with Gasteiger partial charge in [0, 0.05) is 69.6 Å². The topological polar surface area (TPSA) is 61.8 Å². The Morgan fingerprint density at radius 2 is 1.86 bits per heavy atom. The van der Waals surface area contributed by atoms with E-state index in [-0.39, 0.29) is 5.91 Å². The third kappa shape index (κ3) is 4.15. The smallest absolute Gasteiger partial charge is 0.272 e. The molecule has 0 N–H and O–H groups in total. The van der Waals surface area contributed by atoms with Crippen LogP contribution in [0.1, 0.15) is 29.0 Å². The molecule has 0 bridgehead atoms. The van der Waals surface area contributed by atoms with Crippen molar-refractivity contribution < 1.29 is 9.53 Å². The maximum absolute atomic E-state index is 13.0. The average molecular weight is 381 g/mol. The Bertz CT molecular complexity index is 786. The first-order valence-electron chi connectivity index (χ1n) is 9.94. The number of amides is 1. The summed E-state index contributed by atoms with van der Waals surface area (Å²) in [6, 6.07) is 8.26. The fraction of sp³-hybridized carbons (Fsp3) is 0.476. The first kappa shape index (κ1) is 18.8. The van der Waals surface area contributed by atoms with Gasteiger partial charge in [0.25, 0.3) is 5.91 Å². The van der Waals surface area contributed by atoms with Crippen molar-refractivity contribution in [2.75, 3.05) is 57.4 Å². The van der Waals surface area contributed by atoms with Crippen molar-refractivity contribution in [3.63, 3.8) is 0 Å². The number of hydrogen-bond donors (Lipinski definition) is 0. The van der Waals surface area contributed by atoms with Gasteiger partial charge < -0.3 is 14.5 Å². The molecule has 0 aliphatic carbocycles. The second kappa shape index (κ2) is 8.67. The number of pyridine rings is 2. The number of nitrogens with zero attached hydrogens (tertiary/aromatic N) is 5. The predicted molar refractivity (Wildman–Crippen MR) is 107 cm³/mol. The molecule has 148 valence electrons. The zero-order valence-electron chi connectivity index (χ0n) is 16.3. The van der Waals surface area contributed by atoms with E-state index in [2.05, 4.69) is 32.8 Å². The predicted octanol–water partition coefficient (Wildman–Crippen LogP) is 1.83. The lowest BCUT2D eigenvalue weighted by Crippen LogP contribution is -2.49. The quantitative estimate of drug-likeness (QED) is 0.805. The SMILES string of the molecule is CC(c1cccnc1)N1CCN(C(=O)c2cc(N3CCOCC3)ccn2)CC1. The summed E-state index contributed by atoms with van der Waals surface area (Å²) < 4.78 is 5.41. The standard InChI is InChI=1S/C21H27N5O2/c1-17(18-3-2-5-22-16-18)24-7-9-26(10-8-24)21(27)20-15-19(4-6-23-20)25-11-13-28-14-12-25/h2-6,15-17H,7-14H2,1H3. The Balaban J connectivity index is 1.37. The van der Waals surface area contributed by atoms with E-state index in [9.17, 15) is 4.79 Å². The van der Waals surface area contributed by atoms with Gasteiger partial charge in [-0.1, -0.05) is 6.07 Å². The van der Waals surface area contributed by atoms with Crippen molar-refractivity contribution in [2.24, 2.45) is 0 Å². The molecule has 1 unspecified atom stereocenters. The van der Waals surface area contributed by atoms with Crippen LogP contribution in [0.2, 0.25) is 0 Å². The zero-order valence-corrected chi connectivity index (χ0v) is 16.3. The van der Waals surface area contributed by atoms with Gasteiger partial charge in [0.2, 0.25) is 0 Å². The highest BCUT2D eigenvalue weighted by Gasteiger charge is 2.26. The molecule has 0 spiro atoms. The van der Waals surface area contributed by atoms with Crippen molar-refractivity contribution in [3.05, 3.63) is 54.1 Å². The van der Waals surface area contributed by atoms with Crippen LogP contribution in [-0.4, -0.2) is 78.2 Å². The number of rotatable bonds is 4. The van der Waals surface area contributed by atoms with Crippen molar-refractivity contribution in [3.8, 4) is 0 Å². The largest absolute Gasteiger partial charge is 0.378 e. The molecule has 2 saturated heterocycles. The van der Waals surface area contributed by atoms with Crippen LogP contribution in [0.15, 0.2) is 42.9 Å². The third-order valence-corrected chi connectivity index (χ3v) is 5.65. The minimum atomic E-state index is 0.0174. The Labute approximate surface area is 165 Å². The lowest BCUT2D eigenvalue weighted by atomic mass is 10.1. The Hall–Kier alpha value is -2.51. The fourth-order valence-corrected chi connectivity index (χ4v) is 3.86. The average Bonchev–Trinajstić information content (AvgIpc) is 2.79. The van der Waals surface area contributed by atoms with Crippen LogP contribution >= 0.6 is 0 Å². The number of hydrogen-bond acceptors (Lipinski definition) is 6. The second-order valence-electron chi connectivity index (χ2n) is 7.29. The van der Waals surface area contributed by atoms with Gasteiger partial charge in [0.05, 0.1) is 13.2 Å². The van der Waals surface area contributed by atoms with Gasteiger partial charge in [-0.2, -0.15) is 0 Å². The highest BCUT2D eigenvalue weighted by molar-refractivity contribution is 5.93. The summed E-state index contributed by atoms with van der Waals surface area (Å²) in [4.78, 5) is 28.1. The maximum atomic E-state index is 13.0. The summed E-state index contributed by atoms with van der Waals surface area (Å²) >= 11 is 0. The molecule has 4 heterocycles. The summed E-state index contributed by atoms with van der Waals surface area (Å²) in [5.41, 5.74) is 2.78. The van der Waals surface area contributed by atoms with Gasteiger partial charge in [0.15, 0.2) is 0 Å². The summed E-state index contributed by atoms with van der Waals surface area (Å²) in [5, 5.41) is 0. The maximum Gasteiger partial charge on any atom is 0.272 e. The number of carbonyl (C=O) groups excluding carboxylic acids is 1. The number of piperazine rings is 1. The Morgan fingerprint density at radius 3 is 2.57 bits per heavy atom. The molecule has 28 heavy (non-hydrogen) atoms. The molecule has 2 aromatic heterocycles. The van der Waals surface area contributed by atoms with Gasteiger partial charge in [-0.25, -0.2) is 0 Å². The highest BCUT2D eigenvalue weighted by Crippen LogP contribution is 2.22. The number of aromatic nitrogens is 2. The summed E-state index contributed by atoms with van der Waals surface area (Å²) in [5.74, 6) is 0.0174. The normalized spacial score (nSPS) is 19.5. The van der Waals surface area contributed by atoms with E-state index in [0.29, 0.717) is 24.8 Å². The lowest BCUT2D eigenvalue weighted by molar-refractivity contribution is 0.0576. The molecule has 7 heteroatoms. The zero-order chi connectivity index (χ0) is 19.3. The van der Waals surface area contributed by atoms with Gasteiger partial charge in [-0.3, -0.25) is 19.7 Å². The van der Waals surface area contributed by atoms with Crippen LogP contribution in [0.5, 0.6) is 0 Å². The molecule has 2 aliphatic heterocycles. The van der Waals surface area contributed by atoms with E-state index < -0.39 is 0 Å². The van der Waals surface area contributed by atoms with E-state index in [1.54, 1.807) is 12.4 Å². The summed E-state index contributed by atoms with van der Waals surface area (Å²) in [6.07, 6.45) is 5.45. The van der Waals surface area contributed by atoms with Crippen LogP contribution in [0.25, 0.3) is 0 Å². The van der Waals surface area contributed by atoms with Crippen LogP contribution in [0, 0.1) is 0 Å². The molecule has 1 amide bonds. The van der Waals surface area contributed by atoms with Crippen molar-refractivity contribution in [1.82, 2.24) is 19.8 Å². The number of morpholine rings is 1. The molecular formula is C21H27N5O2. The molecule has 2 aromatic rings. The monoisotopic (exact) mass is 381 g/mol. The number of anilines is 1. The van der Waals surface area contributed by atoms with E-state index in [4.69, 9.17) is 4.74 Å². The third-order valence-electron chi connectivity index (χ3n) is 5.65. The van der Waals surface area contributed by atoms with Crippen LogP contribution in [0.4, 0.5) is 5.69 Å². The van der Waals surface area contributed by atoms with E-state index in [0.717, 1.165) is 45.1 Å². The summed E-state index contributed by atoms with van der Waals surface area (Å²) in [7, 11) is 0. The Morgan fingerprint density at radius 1 is 1.07 bits per heavy atom. The highest BCUT2D eigenvalue weighted by atomic mass is 16.5. The minimum absolute atomic E-state index is 0.0174. The second-order valence-corrected chi connectivity index (χ2v) is 7.29. The number of ether oxygens (including phenoxy) is 1. The van der Waals surface area contributed by atoms with Crippen molar-refractivity contribution in [1.29, 1.82) is 0 Å².